The van der Waals surface area contributed by atoms with Gasteiger partial charge >= 0.3 is 6.03 Å². The van der Waals surface area contributed by atoms with E-state index < -0.39 is 0 Å². The molecule has 1 aromatic carbocycles. The van der Waals surface area contributed by atoms with Gasteiger partial charge in [-0.05, 0) is 25.0 Å². The van der Waals surface area contributed by atoms with Gasteiger partial charge in [-0.1, -0.05) is 29.5 Å². The molecule has 9 nitrogen and oxygen atoms in total. The molecule has 0 aliphatic carbocycles. The fraction of sp³-hybridized carbons (Fsp3) is 0.474. The molecule has 2 fully saturated rings. The van der Waals surface area contributed by atoms with E-state index in [4.69, 9.17) is 4.74 Å². The molecule has 3 amide bonds. The maximum absolute atomic E-state index is 12.4. The Balaban J connectivity index is 1.19. The number of ether oxygens (including phenoxy) is 1. The van der Waals surface area contributed by atoms with Crippen LogP contribution in [0.25, 0.3) is 0 Å². The van der Waals surface area contributed by atoms with E-state index in [-0.39, 0.29) is 24.6 Å². The Hall–Kier alpha value is -2.72. The Morgan fingerprint density at radius 2 is 1.93 bits per heavy atom. The number of nitrogens with zero attached hydrogens (tertiary/aromatic N) is 4. The highest BCUT2D eigenvalue weighted by Crippen LogP contribution is 2.31. The zero-order chi connectivity index (χ0) is 20.1. The Morgan fingerprint density at radius 1 is 1.14 bits per heavy atom. The molecule has 4 rings (SSSR count). The number of benzene rings is 1. The second kappa shape index (κ2) is 9.19. The zero-order valence-electron chi connectivity index (χ0n) is 16.0. The number of amides is 3. The highest BCUT2D eigenvalue weighted by atomic mass is 32.1. The molecule has 1 atom stereocenters. The maximum atomic E-state index is 12.4. The first-order chi connectivity index (χ1) is 14.2. The summed E-state index contributed by atoms with van der Waals surface area (Å²) in [7, 11) is 0. The van der Waals surface area contributed by atoms with Gasteiger partial charge in [-0.25, -0.2) is 4.79 Å². The van der Waals surface area contributed by atoms with E-state index >= 15 is 0 Å². The van der Waals surface area contributed by atoms with Crippen LogP contribution in [0.5, 0.6) is 0 Å². The first kappa shape index (κ1) is 19.6. The van der Waals surface area contributed by atoms with Crippen molar-refractivity contribution in [3.63, 3.8) is 0 Å². The van der Waals surface area contributed by atoms with Crippen LogP contribution in [0.2, 0.25) is 0 Å². The van der Waals surface area contributed by atoms with Crippen molar-refractivity contribution in [1.82, 2.24) is 20.4 Å². The minimum atomic E-state index is -0.323. The number of hydrogen-bond donors (Lipinski definition) is 2. The smallest absolute Gasteiger partial charge is 0.317 e. The summed E-state index contributed by atoms with van der Waals surface area (Å²) in [5, 5.41) is 14.6. The molecule has 2 aliphatic rings. The largest absolute Gasteiger partial charge is 0.371 e. The standard InChI is InChI=1S/C19H24N6O3S/c26-16(21-18-23-22-17(29-18)15-7-4-12-28-15)13-20-19(27)25-10-8-24(9-11-25)14-5-2-1-3-6-14/h1-3,5-6,15H,4,7-13H2,(H,20,27)(H,21,23,26). The van der Waals surface area contributed by atoms with Gasteiger partial charge in [-0.15, -0.1) is 10.2 Å². The molecule has 0 bridgehead atoms. The lowest BCUT2D eigenvalue weighted by Crippen LogP contribution is -2.52. The van der Waals surface area contributed by atoms with Gasteiger partial charge in [-0.3, -0.25) is 10.1 Å². The molecule has 0 saturated carbocycles. The van der Waals surface area contributed by atoms with Crippen molar-refractivity contribution in [2.75, 3.05) is 49.5 Å². The van der Waals surface area contributed by atoms with Gasteiger partial charge in [0.25, 0.3) is 0 Å². The Bertz CT molecular complexity index is 831. The lowest BCUT2D eigenvalue weighted by molar-refractivity contribution is -0.115. The summed E-state index contributed by atoms with van der Waals surface area (Å²) in [6.07, 6.45) is 1.92. The summed E-state index contributed by atoms with van der Waals surface area (Å²) in [4.78, 5) is 28.4. The van der Waals surface area contributed by atoms with Crippen molar-refractivity contribution >= 4 is 34.1 Å². The van der Waals surface area contributed by atoms with Gasteiger partial charge in [0.15, 0.2) is 0 Å². The molecule has 3 heterocycles. The molecule has 29 heavy (non-hydrogen) atoms. The van der Waals surface area contributed by atoms with Crippen LogP contribution in [0.4, 0.5) is 15.6 Å². The van der Waals surface area contributed by atoms with E-state index in [9.17, 15) is 9.59 Å². The minimum Gasteiger partial charge on any atom is -0.371 e. The quantitative estimate of drug-likeness (QED) is 0.772. The molecule has 10 heteroatoms. The zero-order valence-corrected chi connectivity index (χ0v) is 16.9. The third-order valence-electron chi connectivity index (χ3n) is 4.98. The number of hydrogen-bond acceptors (Lipinski definition) is 7. The third kappa shape index (κ3) is 5.01. The summed E-state index contributed by atoms with van der Waals surface area (Å²) in [6.45, 7) is 3.39. The van der Waals surface area contributed by atoms with Crippen molar-refractivity contribution in [1.29, 1.82) is 0 Å². The highest BCUT2D eigenvalue weighted by Gasteiger charge is 2.23. The van der Waals surface area contributed by atoms with Crippen LogP contribution in [-0.2, 0) is 9.53 Å². The van der Waals surface area contributed by atoms with Crippen molar-refractivity contribution in [3.8, 4) is 0 Å². The average Bonchev–Trinajstić information content (AvgIpc) is 3.45. The fourth-order valence-corrected chi connectivity index (χ4v) is 4.27. The normalized spacial score (nSPS) is 19.2. The van der Waals surface area contributed by atoms with Gasteiger partial charge < -0.3 is 19.9 Å². The first-order valence-corrected chi connectivity index (χ1v) is 10.6. The van der Waals surface area contributed by atoms with Crippen LogP contribution >= 0.6 is 11.3 Å². The number of carbonyl (C=O) groups is 2. The molecule has 154 valence electrons. The van der Waals surface area contributed by atoms with E-state index in [1.807, 2.05) is 18.2 Å². The van der Waals surface area contributed by atoms with E-state index in [0.717, 1.165) is 43.2 Å². The predicted octanol–water partition coefficient (Wildman–Crippen LogP) is 1.86. The summed E-state index contributed by atoms with van der Waals surface area (Å²) >= 11 is 1.31. The predicted molar refractivity (Wildman–Crippen MR) is 110 cm³/mol. The molecule has 2 aliphatic heterocycles. The van der Waals surface area contributed by atoms with Gasteiger partial charge in [0.1, 0.15) is 11.1 Å². The molecular formula is C19H24N6O3S. The number of rotatable bonds is 5. The van der Waals surface area contributed by atoms with E-state index in [1.54, 1.807) is 4.90 Å². The van der Waals surface area contributed by atoms with E-state index in [2.05, 4.69) is 37.9 Å². The lowest BCUT2D eigenvalue weighted by Gasteiger charge is -2.36. The first-order valence-electron chi connectivity index (χ1n) is 9.76. The maximum Gasteiger partial charge on any atom is 0.317 e. The molecule has 1 aromatic heterocycles. The van der Waals surface area contributed by atoms with E-state index in [1.165, 1.54) is 11.3 Å². The SMILES string of the molecule is O=C(CNC(=O)N1CCN(c2ccccc2)CC1)Nc1nnc(C2CCCO2)s1. The molecule has 2 N–H and O–H groups in total. The van der Waals surface area contributed by atoms with Crippen LogP contribution in [0.15, 0.2) is 30.3 Å². The van der Waals surface area contributed by atoms with Gasteiger partial charge in [-0.2, -0.15) is 0 Å². The Morgan fingerprint density at radius 3 is 2.66 bits per heavy atom. The van der Waals surface area contributed by atoms with Crippen LogP contribution < -0.4 is 15.5 Å². The lowest BCUT2D eigenvalue weighted by atomic mass is 10.2. The monoisotopic (exact) mass is 416 g/mol. The molecule has 0 radical (unpaired) electrons. The summed E-state index contributed by atoms with van der Waals surface area (Å²) in [6, 6.07) is 9.91. The number of nitrogens with one attached hydrogen (secondary N) is 2. The Labute approximate surface area is 173 Å². The van der Waals surface area contributed by atoms with Crippen LogP contribution in [0.3, 0.4) is 0 Å². The number of piperazine rings is 1. The number of para-hydroxylation sites is 1. The fourth-order valence-electron chi connectivity index (χ4n) is 3.43. The van der Waals surface area contributed by atoms with Crippen LogP contribution in [0, 0.1) is 0 Å². The number of anilines is 2. The van der Waals surface area contributed by atoms with Crippen molar-refractivity contribution in [2.45, 2.75) is 18.9 Å². The van der Waals surface area contributed by atoms with Crippen molar-refractivity contribution in [3.05, 3.63) is 35.3 Å². The van der Waals surface area contributed by atoms with E-state index in [0.29, 0.717) is 18.2 Å². The molecule has 2 saturated heterocycles. The van der Waals surface area contributed by atoms with Gasteiger partial charge in [0.2, 0.25) is 11.0 Å². The van der Waals surface area contributed by atoms with Crippen LogP contribution in [-0.4, -0.2) is 66.4 Å². The van der Waals surface area contributed by atoms with Crippen molar-refractivity contribution < 1.29 is 14.3 Å². The third-order valence-corrected chi connectivity index (χ3v) is 5.91. The summed E-state index contributed by atoms with van der Waals surface area (Å²) < 4.78 is 5.57. The van der Waals surface area contributed by atoms with Crippen molar-refractivity contribution in [2.24, 2.45) is 0 Å². The average molecular weight is 417 g/mol. The number of aromatic nitrogens is 2. The molecule has 2 aromatic rings. The number of urea groups is 1. The second-order valence-electron chi connectivity index (χ2n) is 6.96. The van der Waals surface area contributed by atoms with Gasteiger partial charge in [0, 0.05) is 38.5 Å². The van der Waals surface area contributed by atoms with Crippen LogP contribution in [0.1, 0.15) is 24.0 Å². The highest BCUT2D eigenvalue weighted by molar-refractivity contribution is 7.15. The number of carbonyl (C=O) groups excluding carboxylic acids is 2. The van der Waals surface area contributed by atoms with Gasteiger partial charge in [0.05, 0.1) is 6.54 Å². The summed E-state index contributed by atoms with van der Waals surface area (Å²) in [5.74, 6) is -0.323. The topological polar surface area (TPSA) is 99.7 Å². The molecule has 0 spiro atoms. The Kier molecular flexibility index (Phi) is 6.20. The molecule has 1 unspecified atom stereocenters. The molecular weight excluding hydrogens is 392 g/mol. The second-order valence-corrected chi connectivity index (χ2v) is 7.97. The minimum absolute atomic E-state index is 0.0209. The summed E-state index contributed by atoms with van der Waals surface area (Å²) in [5.41, 5.74) is 1.16.